The van der Waals surface area contributed by atoms with E-state index in [1.54, 1.807) is 0 Å². The fourth-order valence-electron chi connectivity index (χ4n) is 4.60. The number of fused-ring (bicyclic) bond motifs is 1. The fourth-order valence-corrected chi connectivity index (χ4v) is 4.60. The van der Waals surface area contributed by atoms with Crippen LogP contribution in [0.1, 0.15) is 62.6 Å². The van der Waals surface area contributed by atoms with E-state index in [1.807, 2.05) is 6.92 Å². The zero-order chi connectivity index (χ0) is 22.2. The summed E-state index contributed by atoms with van der Waals surface area (Å²) in [7, 11) is 0. The van der Waals surface area contributed by atoms with Crippen molar-refractivity contribution in [2.24, 2.45) is 10.9 Å². The van der Waals surface area contributed by atoms with Crippen LogP contribution in [0.25, 0.3) is 5.57 Å². The van der Waals surface area contributed by atoms with E-state index in [0.29, 0.717) is 12.5 Å². The zero-order valence-electron chi connectivity index (χ0n) is 19.5. The van der Waals surface area contributed by atoms with Crippen LogP contribution in [-0.4, -0.2) is 12.3 Å². The largest absolute Gasteiger partial charge is 0.494 e. The van der Waals surface area contributed by atoms with Crippen molar-refractivity contribution in [1.82, 2.24) is 0 Å². The first-order valence-electron chi connectivity index (χ1n) is 12.2. The third kappa shape index (κ3) is 5.68. The summed E-state index contributed by atoms with van der Waals surface area (Å²) in [6.45, 7) is 4.92. The van der Waals surface area contributed by atoms with E-state index in [1.165, 1.54) is 46.4 Å². The first kappa shape index (κ1) is 22.3. The molecule has 1 aliphatic heterocycles. The highest BCUT2D eigenvalue weighted by molar-refractivity contribution is 6.08. The summed E-state index contributed by atoms with van der Waals surface area (Å²) in [6, 6.07) is 17.6. The van der Waals surface area contributed by atoms with Crippen molar-refractivity contribution in [3.63, 3.8) is 0 Å². The van der Waals surface area contributed by atoms with Crippen LogP contribution >= 0.6 is 0 Å². The zero-order valence-corrected chi connectivity index (χ0v) is 19.5. The summed E-state index contributed by atoms with van der Waals surface area (Å²) in [5, 5.41) is 0. The first-order valence-corrected chi connectivity index (χ1v) is 12.2. The number of unbranched alkanes of at least 4 members (excludes halogenated alkanes) is 1. The van der Waals surface area contributed by atoms with Gasteiger partial charge in [-0.15, -0.1) is 0 Å². The number of allylic oxidation sites excluding steroid dienone is 5. The summed E-state index contributed by atoms with van der Waals surface area (Å²) in [6.07, 6.45) is 17.1. The number of hydrogen-bond acceptors (Lipinski definition) is 2. The van der Waals surface area contributed by atoms with E-state index in [9.17, 15) is 0 Å². The van der Waals surface area contributed by atoms with Gasteiger partial charge in [-0.3, -0.25) is 4.99 Å². The van der Waals surface area contributed by atoms with Gasteiger partial charge in [0.15, 0.2) is 0 Å². The molecule has 32 heavy (non-hydrogen) atoms. The van der Waals surface area contributed by atoms with Gasteiger partial charge in [0.05, 0.1) is 6.61 Å². The Morgan fingerprint density at radius 3 is 2.41 bits per heavy atom. The molecule has 2 aliphatic rings. The number of aryl methyl sites for hydroxylation is 2. The molecule has 0 saturated heterocycles. The van der Waals surface area contributed by atoms with Crippen LogP contribution in [0.2, 0.25) is 0 Å². The second kappa shape index (κ2) is 11.1. The SMILES string of the molecule is CCOc1ccc(C2=CN=C3/C=C(CCCCc4ccc(CC)cc4)\C=C/CCC23)cc1. The average molecular weight is 426 g/mol. The highest BCUT2D eigenvalue weighted by Gasteiger charge is 2.25. The van der Waals surface area contributed by atoms with Gasteiger partial charge in [-0.25, -0.2) is 0 Å². The van der Waals surface area contributed by atoms with Gasteiger partial charge in [-0.05, 0) is 97.9 Å². The number of ether oxygens (including phenoxy) is 1. The van der Waals surface area contributed by atoms with E-state index in [2.05, 4.69) is 79.9 Å². The van der Waals surface area contributed by atoms with Gasteiger partial charge in [0.1, 0.15) is 5.75 Å². The van der Waals surface area contributed by atoms with Crippen LogP contribution in [0.15, 0.2) is 83.5 Å². The Hall–Kier alpha value is -2.87. The lowest BCUT2D eigenvalue weighted by atomic mass is 9.85. The van der Waals surface area contributed by atoms with Crippen molar-refractivity contribution in [1.29, 1.82) is 0 Å². The molecule has 0 amide bonds. The molecule has 0 bridgehead atoms. The molecular weight excluding hydrogens is 390 g/mol. The molecule has 2 nitrogen and oxygen atoms in total. The average Bonchev–Trinajstić information content (AvgIpc) is 3.19. The molecule has 1 aliphatic carbocycles. The normalized spacial score (nSPS) is 20.3. The van der Waals surface area contributed by atoms with Crippen molar-refractivity contribution in [2.75, 3.05) is 6.61 Å². The van der Waals surface area contributed by atoms with Gasteiger partial charge in [0.2, 0.25) is 0 Å². The molecule has 0 radical (unpaired) electrons. The van der Waals surface area contributed by atoms with Crippen molar-refractivity contribution in [3.05, 3.63) is 95.2 Å². The lowest BCUT2D eigenvalue weighted by Crippen LogP contribution is -2.12. The first-order chi connectivity index (χ1) is 15.8. The van der Waals surface area contributed by atoms with E-state index in [4.69, 9.17) is 9.73 Å². The Morgan fingerprint density at radius 1 is 0.906 bits per heavy atom. The molecule has 2 aromatic rings. The van der Waals surface area contributed by atoms with Crippen LogP contribution in [0, 0.1) is 5.92 Å². The van der Waals surface area contributed by atoms with E-state index in [0.717, 1.165) is 37.9 Å². The maximum atomic E-state index is 5.60. The van der Waals surface area contributed by atoms with Gasteiger partial charge in [-0.1, -0.05) is 55.5 Å². The van der Waals surface area contributed by atoms with Gasteiger partial charge < -0.3 is 4.74 Å². The number of aliphatic imine (C=N–C) groups is 1. The Morgan fingerprint density at radius 2 is 1.66 bits per heavy atom. The lowest BCUT2D eigenvalue weighted by Gasteiger charge is -2.18. The predicted octanol–water partition coefficient (Wildman–Crippen LogP) is 7.75. The van der Waals surface area contributed by atoms with Gasteiger partial charge >= 0.3 is 0 Å². The minimum Gasteiger partial charge on any atom is -0.494 e. The van der Waals surface area contributed by atoms with Crippen LogP contribution < -0.4 is 4.74 Å². The maximum Gasteiger partial charge on any atom is 0.119 e. The summed E-state index contributed by atoms with van der Waals surface area (Å²) in [5.41, 5.74) is 8.10. The van der Waals surface area contributed by atoms with Crippen molar-refractivity contribution < 1.29 is 4.74 Å². The Balaban J connectivity index is 1.34. The Kier molecular flexibility index (Phi) is 7.77. The number of nitrogens with zero attached hydrogens (tertiary/aromatic N) is 1. The molecule has 0 saturated carbocycles. The van der Waals surface area contributed by atoms with Gasteiger partial charge in [0, 0.05) is 17.8 Å². The van der Waals surface area contributed by atoms with Crippen LogP contribution in [-0.2, 0) is 12.8 Å². The molecule has 0 fully saturated rings. The van der Waals surface area contributed by atoms with Crippen molar-refractivity contribution >= 4 is 11.3 Å². The monoisotopic (exact) mass is 425 g/mol. The van der Waals surface area contributed by atoms with Crippen molar-refractivity contribution in [2.45, 2.75) is 58.8 Å². The molecule has 2 aromatic carbocycles. The minimum atomic E-state index is 0.393. The summed E-state index contributed by atoms with van der Waals surface area (Å²) < 4.78 is 5.60. The molecule has 1 atom stereocenters. The topological polar surface area (TPSA) is 21.6 Å². The van der Waals surface area contributed by atoms with E-state index < -0.39 is 0 Å². The molecule has 0 spiro atoms. The number of hydrogen-bond donors (Lipinski definition) is 0. The molecule has 4 rings (SSSR count). The lowest BCUT2D eigenvalue weighted by molar-refractivity contribution is 0.340. The Labute approximate surface area is 193 Å². The van der Waals surface area contributed by atoms with Gasteiger partial charge in [0.25, 0.3) is 0 Å². The number of benzene rings is 2. The van der Waals surface area contributed by atoms with Crippen LogP contribution in [0.5, 0.6) is 5.75 Å². The standard InChI is InChI=1S/C30H35NO/c1-3-23-13-15-24(16-14-23)9-5-6-10-25-11-7-8-12-28-29(22-31-30(28)21-25)26-17-19-27(20-18-26)32-4-2/h7,11,13-22,28H,3-6,8-10,12H2,1-2H3/b11-7-,25-21-. The van der Waals surface area contributed by atoms with Gasteiger partial charge in [-0.2, -0.15) is 0 Å². The molecular formula is C30H35NO. The fraction of sp³-hybridized carbons (Fsp3) is 0.367. The second-order valence-electron chi connectivity index (χ2n) is 8.72. The third-order valence-corrected chi connectivity index (χ3v) is 6.48. The van der Waals surface area contributed by atoms with E-state index in [-0.39, 0.29) is 0 Å². The van der Waals surface area contributed by atoms with Crippen molar-refractivity contribution in [3.8, 4) is 5.75 Å². The number of rotatable bonds is 9. The van der Waals surface area contributed by atoms with Crippen LogP contribution in [0.3, 0.4) is 0 Å². The molecule has 1 heterocycles. The minimum absolute atomic E-state index is 0.393. The molecule has 1 unspecified atom stereocenters. The highest BCUT2D eigenvalue weighted by atomic mass is 16.5. The Bertz CT molecular complexity index is 1010. The van der Waals surface area contributed by atoms with E-state index >= 15 is 0 Å². The van der Waals surface area contributed by atoms with Crippen LogP contribution in [0.4, 0.5) is 0 Å². The second-order valence-corrected chi connectivity index (χ2v) is 8.72. The molecule has 0 N–H and O–H groups in total. The summed E-state index contributed by atoms with van der Waals surface area (Å²) in [4.78, 5) is 4.83. The maximum absolute atomic E-state index is 5.60. The predicted molar refractivity (Wildman–Crippen MR) is 136 cm³/mol. The molecule has 166 valence electrons. The smallest absolute Gasteiger partial charge is 0.119 e. The third-order valence-electron chi connectivity index (χ3n) is 6.48. The quantitative estimate of drug-likeness (QED) is 0.376. The molecule has 2 heteroatoms. The highest BCUT2D eigenvalue weighted by Crippen LogP contribution is 2.35. The summed E-state index contributed by atoms with van der Waals surface area (Å²) in [5.74, 6) is 1.32. The summed E-state index contributed by atoms with van der Waals surface area (Å²) >= 11 is 0. The molecule has 0 aromatic heterocycles.